The number of benzene rings is 3. The number of aryl methyl sites for hydroxylation is 1. The van der Waals surface area contributed by atoms with Gasteiger partial charge in [0.05, 0.1) is 28.0 Å². The summed E-state index contributed by atoms with van der Waals surface area (Å²) in [6, 6.07) is 17.4. The van der Waals surface area contributed by atoms with Gasteiger partial charge in [0.1, 0.15) is 30.3 Å². The maximum atomic E-state index is 12.2. The number of hydrogen-bond acceptors (Lipinski definition) is 7. The van der Waals surface area contributed by atoms with Crippen molar-refractivity contribution < 1.29 is 14.6 Å². The second kappa shape index (κ2) is 8.06. The molecule has 0 saturated carbocycles. The molecule has 5 aromatic rings. The van der Waals surface area contributed by atoms with Crippen LogP contribution in [0.2, 0.25) is 0 Å². The fourth-order valence-corrected chi connectivity index (χ4v) is 5.22. The second-order valence-corrected chi connectivity index (χ2v) is 10.8. The van der Waals surface area contributed by atoms with E-state index in [0.717, 1.165) is 39.3 Å². The summed E-state index contributed by atoms with van der Waals surface area (Å²) >= 11 is 0. The molecule has 0 radical (unpaired) electrons. The van der Waals surface area contributed by atoms with Gasteiger partial charge < -0.3 is 14.6 Å². The minimum Gasteiger partial charge on any atom is -0.491 e. The minimum atomic E-state index is -3.35. The number of imidazole rings is 1. The van der Waals surface area contributed by atoms with Crippen molar-refractivity contribution in [3.05, 3.63) is 72.3 Å². The highest BCUT2D eigenvalue weighted by Crippen LogP contribution is 2.33. The number of sulfone groups is 1. The van der Waals surface area contributed by atoms with Crippen molar-refractivity contribution in [3.8, 4) is 16.9 Å². The van der Waals surface area contributed by atoms with Gasteiger partial charge in [-0.15, -0.1) is 0 Å². The molecule has 1 aliphatic heterocycles. The van der Waals surface area contributed by atoms with Gasteiger partial charge in [0.25, 0.3) is 0 Å². The zero-order valence-electron chi connectivity index (χ0n) is 19.3. The van der Waals surface area contributed by atoms with Crippen molar-refractivity contribution >= 4 is 37.6 Å². The molecule has 1 aliphatic rings. The minimum absolute atomic E-state index is 0. The molecule has 0 spiro atoms. The normalized spacial score (nSPS) is 14.1. The van der Waals surface area contributed by atoms with Gasteiger partial charge in [-0.25, -0.2) is 23.4 Å². The molecule has 178 valence electrons. The first-order valence-electron chi connectivity index (χ1n) is 11.3. The molecule has 0 bridgehead atoms. The molecule has 2 aromatic heterocycles. The predicted molar refractivity (Wildman–Crippen MR) is 138 cm³/mol. The van der Waals surface area contributed by atoms with Crippen LogP contribution in [0.3, 0.4) is 0 Å². The van der Waals surface area contributed by atoms with Crippen molar-refractivity contribution in [2.45, 2.75) is 18.4 Å². The summed E-state index contributed by atoms with van der Waals surface area (Å²) in [5.74, 6) is 2.42. The van der Waals surface area contributed by atoms with Gasteiger partial charge in [-0.1, -0.05) is 12.1 Å². The molecule has 3 aromatic carbocycles. The molecule has 9 heteroatoms. The zero-order valence-corrected chi connectivity index (χ0v) is 20.1. The lowest BCUT2D eigenvalue weighted by molar-refractivity contribution is 0.331. The van der Waals surface area contributed by atoms with Gasteiger partial charge in [-0.3, -0.25) is 0 Å². The average Bonchev–Trinajstić information content (AvgIpc) is 3.08. The van der Waals surface area contributed by atoms with E-state index in [1.54, 1.807) is 18.2 Å². The van der Waals surface area contributed by atoms with Gasteiger partial charge >= 0.3 is 0 Å². The summed E-state index contributed by atoms with van der Waals surface area (Å²) < 4.78 is 30.4. The van der Waals surface area contributed by atoms with Gasteiger partial charge in [0.15, 0.2) is 9.84 Å². The Kier molecular flexibility index (Phi) is 4.96. The molecule has 0 amide bonds. The van der Waals surface area contributed by atoms with E-state index in [-0.39, 0.29) is 6.32 Å². The van der Waals surface area contributed by atoms with Crippen LogP contribution < -0.4 is 9.64 Å². The van der Waals surface area contributed by atoms with Crippen molar-refractivity contribution in [1.29, 1.82) is 0 Å². The Morgan fingerprint density at radius 3 is 2.66 bits per heavy atom. The van der Waals surface area contributed by atoms with Crippen LogP contribution in [0.1, 0.15) is 12.8 Å². The number of hydrogen-bond donors (Lipinski definition) is 1. The van der Waals surface area contributed by atoms with Crippen LogP contribution in [0.15, 0.2) is 65.8 Å². The van der Waals surface area contributed by atoms with Crippen molar-refractivity contribution in [2.24, 2.45) is 0 Å². The van der Waals surface area contributed by atoms with Crippen LogP contribution >= 0.6 is 0 Å². The summed E-state index contributed by atoms with van der Waals surface area (Å²) in [5, 5.41) is 0.704. The number of nitrogens with one attached hydrogen (secondary N) is 1. The Labute approximate surface area is 204 Å². The number of fused-ring (bicyclic) bond motifs is 3. The Bertz CT molecular complexity index is 1720. The van der Waals surface area contributed by atoms with Crippen LogP contribution in [0.25, 0.3) is 33.1 Å². The summed E-state index contributed by atoms with van der Waals surface area (Å²) in [6.45, 7) is 3.62. The molecule has 3 heterocycles. The van der Waals surface area contributed by atoms with E-state index >= 15 is 0 Å². The molecule has 0 fully saturated rings. The highest BCUT2D eigenvalue weighted by atomic mass is 32.2. The third-order valence-corrected chi connectivity index (χ3v) is 7.40. The third-order valence-electron chi connectivity index (χ3n) is 6.29. The Hall–Kier alpha value is -3.98. The SMILES string of the molecule is Cc1nc2ccc(-c3ccc4c(c3)CN(c3ncnc5ccc(S(C)(=O)=O)cc35)CCO4)cc2[nH]1.[HH]. The zero-order chi connectivity index (χ0) is 24.2. The molecule has 0 atom stereocenters. The van der Waals surface area contributed by atoms with Crippen molar-refractivity contribution in [3.63, 3.8) is 0 Å². The predicted octanol–water partition coefficient (Wildman–Crippen LogP) is 4.53. The van der Waals surface area contributed by atoms with Gasteiger partial charge in [-0.05, 0) is 60.5 Å². The molecule has 6 rings (SSSR count). The lowest BCUT2D eigenvalue weighted by Gasteiger charge is -2.22. The van der Waals surface area contributed by atoms with Gasteiger partial charge in [0.2, 0.25) is 0 Å². The molecular weight excluding hydrogens is 462 g/mol. The number of ether oxygens (including phenoxy) is 1. The first-order chi connectivity index (χ1) is 16.8. The molecular formula is C26H25N5O3S. The highest BCUT2D eigenvalue weighted by Gasteiger charge is 2.21. The van der Waals surface area contributed by atoms with Crippen molar-refractivity contribution in [1.82, 2.24) is 19.9 Å². The fraction of sp³-hybridized carbons (Fsp3) is 0.192. The number of anilines is 1. The van der Waals surface area contributed by atoms with Crippen LogP contribution in [-0.4, -0.2) is 47.8 Å². The van der Waals surface area contributed by atoms with Crippen LogP contribution in [-0.2, 0) is 16.4 Å². The molecule has 35 heavy (non-hydrogen) atoms. The summed E-state index contributed by atoms with van der Waals surface area (Å²) in [4.78, 5) is 19.0. The first kappa shape index (κ1) is 21.5. The molecule has 0 saturated heterocycles. The summed E-state index contributed by atoms with van der Waals surface area (Å²) in [6.07, 6.45) is 2.72. The number of nitrogens with zero attached hydrogens (tertiary/aromatic N) is 4. The molecule has 0 unspecified atom stereocenters. The standard InChI is InChI=1S/C26H23N5O3S.H2/c1-16-29-23-6-3-18(12-24(23)30-16)17-4-8-25-19(11-17)14-31(9-10-34-25)26-21-13-20(35(2,32)33)5-7-22(21)27-15-28-26;/h3-8,11-13,15H,9-10,14H2,1-2H3,(H,29,30);1H. The number of rotatable bonds is 3. The molecule has 1 N–H and O–H groups in total. The van der Waals surface area contributed by atoms with E-state index in [9.17, 15) is 8.42 Å². The van der Waals surface area contributed by atoms with Crippen molar-refractivity contribution in [2.75, 3.05) is 24.3 Å². The van der Waals surface area contributed by atoms with Crippen LogP contribution in [0.4, 0.5) is 5.82 Å². The van der Waals surface area contributed by atoms with Gasteiger partial charge in [0, 0.05) is 25.2 Å². The maximum absolute atomic E-state index is 12.2. The van der Waals surface area contributed by atoms with Gasteiger partial charge in [-0.2, -0.15) is 0 Å². The number of aromatic amines is 1. The maximum Gasteiger partial charge on any atom is 0.175 e. The first-order valence-corrected chi connectivity index (χ1v) is 13.2. The number of H-pyrrole nitrogens is 1. The largest absolute Gasteiger partial charge is 0.491 e. The average molecular weight is 488 g/mol. The third kappa shape index (κ3) is 3.97. The molecule has 8 nitrogen and oxygen atoms in total. The van der Waals surface area contributed by atoms with E-state index in [1.807, 2.05) is 19.1 Å². The van der Waals surface area contributed by atoms with E-state index < -0.39 is 9.84 Å². The Morgan fingerprint density at radius 1 is 1.00 bits per heavy atom. The summed E-state index contributed by atoms with van der Waals surface area (Å²) in [5.41, 5.74) is 5.85. The van der Waals surface area contributed by atoms with Crippen LogP contribution in [0, 0.1) is 6.92 Å². The quantitative estimate of drug-likeness (QED) is 0.399. The second-order valence-electron chi connectivity index (χ2n) is 8.80. The smallest absolute Gasteiger partial charge is 0.175 e. The molecule has 0 aliphatic carbocycles. The lowest BCUT2D eigenvalue weighted by atomic mass is 10.0. The van der Waals surface area contributed by atoms with E-state index in [2.05, 4.69) is 49.1 Å². The Balaban J connectivity index is 0.00000267. The number of aromatic nitrogens is 4. The Morgan fingerprint density at radius 2 is 1.80 bits per heavy atom. The monoisotopic (exact) mass is 487 g/mol. The van der Waals surface area contributed by atoms with Crippen LogP contribution in [0.5, 0.6) is 5.75 Å². The summed E-state index contributed by atoms with van der Waals surface area (Å²) in [7, 11) is -3.35. The lowest BCUT2D eigenvalue weighted by Crippen LogP contribution is -2.26. The highest BCUT2D eigenvalue weighted by molar-refractivity contribution is 7.90. The van der Waals surface area contributed by atoms with E-state index in [4.69, 9.17) is 4.74 Å². The topological polar surface area (TPSA) is 101 Å². The van der Waals surface area contributed by atoms with E-state index in [0.29, 0.717) is 36.4 Å². The fourth-order valence-electron chi connectivity index (χ4n) is 4.58. The van der Waals surface area contributed by atoms with E-state index in [1.165, 1.54) is 12.6 Å².